The number of carbonyl (C=O) groups excluding carboxylic acids is 3. The number of alkyl halides is 1. The highest BCUT2D eigenvalue weighted by Crippen LogP contribution is 2.60. The second-order valence-electron chi connectivity index (χ2n) is 10.6. The summed E-state index contributed by atoms with van der Waals surface area (Å²) in [6, 6.07) is 6.03. The zero-order chi connectivity index (χ0) is 29.2. The van der Waals surface area contributed by atoms with Crippen molar-refractivity contribution in [1.29, 1.82) is 0 Å². The molecule has 2 bridgehead atoms. The summed E-state index contributed by atoms with van der Waals surface area (Å²) in [7, 11) is 0. The molecule has 0 saturated carbocycles. The average Bonchev–Trinajstić information content (AvgIpc) is 3.55. The van der Waals surface area contributed by atoms with Gasteiger partial charge >= 0.3 is 5.97 Å². The van der Waals surface area contributed by atoms with Crippen molar-refractivity contribution in [2.75, 3.05) is 42.6 Å². The molecule has 4 rings (SSSR count). The van der Waals surface area contributed by atoms with Crippen LogP contribution in [0.3, 0.4) is 0 Å². The van der Waals surface area contributed by atoms with Crippen molar-refractivity contribution < 1.29 is 29.0 Å². The lowest BCUT2D eigenvalue weighted by Gasteiger charge is -2.38. The molecule has 0 radical (unpaired) electrons. The minimum absolute atomic E-state index is 0.155. The Labute approximate surface area is 244 Å². The van der Waals surface area contributed by atoms with Crippen LogP contribution in [-0.4, -0.2) is 89.3 Å². The minimum Gasteiger partial charge on any atom is -0.465 e. The van der Waals surface area contributed by atoms with Crippen LogP contribution in [0.5, 0.6) is 0 Å². The molecule has 3 aliphatic rings. The monoisotopic (exact) mass is 617 g/mol. The Hall–Kier alpha value is -2.69. The standard InChI is InChI=1S/C30H40BrN3O6/c1-6-10-16-39-29(38)23-24-27(36)34(19(5)18-35)26(30(24)17-22(31)25(23)40-30)28(37)33(15-7-2)21-13-11-20(12-14-21)32(8-3)9-4/h6-7,11-14,19,22-26,35H,1-2,8-10,15-18H2,3-5H3/t19-,22?,23+,24+,25+,26?,30?/m1/s1. The number of aliphatic hydroxyl groups is 1. The van der Waals surface area contributed by atoms with E-state index in [0.29, 0.717) is 18.5 Å². The molecule has 2 amide bonds. The molecule has 1 aromatic rings. The summed E-state index contributed by atoms with van der Waals surface area (Å²) in [5.41, 5.74) is 0.467. The van der Waals surface area contributed by atoms with Crippen molar-refractivity contribution in [3.05, 3.63) is 49.6 Å². The van der Waals surface area contributed by atoms with Crippen molar-refractivity contribution in [2.24, 2.45) is 11.8 Å². The highest BCUT2D eigenvalue weighted by molar-refractivity contribution is 9.09. The molecular formula is C30H40BrN3O6. The Morgan fingerprint density at radius 2 is 1.88 bits per heavy atom. The van der Waals surface area contributed by atoms with Gasteiger partial charge in [0.15, 0.2) is 0 Å². The quantitative estimate of drug-likeness (QED) is 0.157. The van der Waals surface area contributed by atoms with Gasteiger partial charge in [0.1, 0.15) is 11.6 Å². The molecule has 1 spiro atoms. The van der Waals surface area contributed by atoms with Crippen LogP contribution < -0.4 is 9.80 Å². The first kappa shape index (κ1) is 30.3. The van der Waals surface area contributed by atoms with E-state index >= 15 is 0 Å². The number of hydrogen-bond acceptors (Lipinski definition) is 7. The van der Waals surface area contributed by atoms with E-state index in [2.05, 4.69) is 47.8 Å². The number of fused-ring (bicyclic) bond motifs is 1. The number of likely N-dealkylation sites (tertiary alicyclic amines) is 1. The van der Waals surface area contributed by atoms with Gasteiger partial charge in [-0.05, 0) is 57.9 Å². The van der Waals surface area contributed by atoms with Gasteiger partial charge in [0.05, 0.1) is 37.2 Å². The summed E-state index contributed by atoms with van der Waals surface area (Å²) in [5, 5.41) is 10.1. The van der Waals surface area contributed by atoms with Gasteiger partial charge in [-0.25, -0.2) is 0 Å². The SMILES string of the molecule is C=CCCOC(=O)[C@H]1[C@H]2C(=O)N([C@H](C)CO)C(C(=O)N(CC=C)c3ccc(N(CC)CC)cc3)C23CC(Br)[C@@H]1O3. The van der Waals surface area contributed by atoms with Crippen LogP contribution >= 0.6 is 15.9 Å². The van der Waals surface area contributed by atoms with Crippen LogP contribution in [0.2, 0.25) is 0 Å². The molecule has 0 aliphatic carbocycles. The maximum atomic E-state index is 14.5. The number of esters is 1. The van der Waals surface area contributed by atoms with Crippen LogP contribution in [-0.2, 0) is 23.9 Å². The van der Waals surface area contributed by atoms with Gasteiger partial charge in [0.25, 0.3) is 5.91 Å². The Kier molecular flexibility index (Phi) is 9.42. The minimum atomic E-state index is -1.24. The van der Waals surface area contributed by atoms with Crippen molar-refractivity contribution in [2.45, 2.75) is 62.2 Å². The Morgan fingerprint density at radius 3 is 2.45 bits per heavy atom. The van der Waals surface area contributed by atoms with Crippen LogP contribution in [0.15, 0.2) is 49.6 Å². The number of anilines is 2. The molecule has 9 nitrogen and oxygen atoms in total. The van der Waals surface area contributed by atoms with Crippen molar-refractivity contribution >= 4 is 45.1 Å². The van der Waals surface area contributed by atoms with E-state index in [1.54, 1.807) is 24.0 Å². The van der Waals surface area contributed by atoms with Crippen molar-refractivity contribution in [3.8, 4) is 0 Å². The number of rotatable bonds is 13. The van der Waals surface area contributed by atoms with E-state index in [9.17, 15) is 19.5 Å². The fourth-order valence-electron chi connectivity index (χ4n) is 6.55. The van der Waals surface area contributed by atoms with E-state index in [-0.39, 0.29) is 36.4 Å². The number of hydrogen-bond donors (Lipinski definition) is 1. The molecule has 40 heavy (non-hydrogen) atoms. The van der Waals surface area contributed by atoms with Gasteiger partial charge < -0.3 is 29.3 Å². The predicted octanol–water partition coefficient (Wildman–Crippen LogP) is 3.30. The van der Waals surface area contributed by atoms with E-state index in [4.69, 9.17) is 9.47 Å². The van der Waals surface area contributed by atoms with E-state index in [1.807, 2.05) is 24.3 Å². The molecular weight excluding hydrogens is 578 g/mol. The molecule has 10 heteroatoms. The Morgan fingerprint density at radius 1 is 1.23 bits per heavy atom. The molecule has 0 aromatic heterocycles. The Bertz CT molecular complexity index is 1120. The molecule has 3 heterocycles. The van der Waals surface area contributed by atoms with E-state index < -0.39 is 41.6 Å². The molecule has 3 aliphatic heterocycles. The highest BCUT2D eigenvalue weighted by atomic mass is 79.9. The average molecular weight is 619 g/mol. The zero-order valence-electron chi connectivity index (χ0n) is 23.5. The van der Waals surface area contributed by atoms with Gasteiger partial charge in [0, 0.05) is 35.8 Å². The number of carbonyl (C=O) groups is 3. The van der Waals surface area contributed by atoms with Gasteiger partial charge in [-0.3, -0.25) is 14.4 Å². The summed E-state index contributed by atoms with van der Waals surface area (Å²) < 4.78 is 12.0. The second kappa shape index (κ2) is 12.4. The number of nitrogens with zero attached hydrogens (tertiary/aromatic N) is 3. The molecule has 3 fully saturated rings. The Balaban J connectivity index is 1.74. The summed E-state index contributed by atoms with van der Waals surface area (Å²) >= 11 is 3.66. The predicted molar refractivity (Wildman–Crippen MR) is 157 cm³/mol. The third-order valence-electron chi connectivity index (χ3n) is 8.41. The van der Waals surface area contributed by atoms with E-state index in [0.717, 1.165) is 18.8 Å². The van der Waals surface area contributed by atoms with Crippen LogP contribution in [0.1, 0.15) is 33.6 Å². The van der Waals surface area contributed by atoms with Crippen LogP contribution in [0, 0.1) is 11.8 Å². The third kappa shape index (κ3) is 4.99. The third-order valence-corrected chi connectivity index (χ3v) is 9.25. The van der Waals surface area contributed by atoms with Gasteiger partial charge in [-0.15, -0.1) is 13.2 Å². The topological polar surface area (TPSA) is 99.6 Å². The summed E-state index contributed by atoms with van der Waals surface area (Å²) in [6.45, 7) is 15.1. The lowest BCUT2D eigenvalue weighted by molar-refractivity contribution is -0.155. The lowest BCUT2D eigenvalue weighted by atomic mass is 9.70. The molecule has 1 N–H and O–H groups in total. The zero-order valence-corrected chi connectivity index (χ0v) is 25.1. The fraction of sp³-hybridized carbons (Fsp3) is 0.567. The fourth-order valence-corrected chi connectivity index (χ4v) is 7.49. The molecule has 3 unspecified atom stereocenters. The maximum Gasteiger partial charge on any atom is 0.312 e. The molecule has 7 atom stereocenters. The number of amides is 2. The first-order chi connectivity index (χ1) is 19.2. The molecule has 3 saturated heterocycles. The van der Waals surface area contributed by atoms with Gasteiger partial charge in [0.2, 0.25) is 5.91 Å². The van der Waals surface area contributed by atoms with Gasteiger partial charge in [-0.1, -0.05) is 28.1 Å². The highest BCUT2D eigenvalue weighted by Gasteiger charge is 2.77. The number of halogens is 1. The summed E-state index contributed by atoms with van der Waals surface area (Å²) in [6.07, 6.45) is 3.56. The largest absolute Gasteiger partial charge is 0.465 e. The second-order valence-corrected chi connectivity index (χ2v) is 11.8. The van der Waals surface area contributed by atoms with Crippen LogP contribution in [0.25, 0.3) is 0 Å². The normalized spacial score (nSPS) is 29.2. The number of aliphatic hydroxyl groups excluding tert-OH is 1. The first-order valence-corrected chi connectivity index (χ1v) is 14.9. The molecule has 1 aromatic carbocycles. The lowest BCUT2D eigenvalue weighted by Crippen LogP contribution is -2.58. The smallest absolute Gasteiger partial charge is 0.312 e. The summed E-state index contributed by atoms with van der Waals surface area (Å²) in [4.78, 5) is 46.8. The first-order valence-electron chi connectivity index (χ1n) is 14.0. The van der Waals surface area contributed by atoms with Crippen molar-refractivity contribution in [1.82, 2.24) is 4.90 Å². The number of ether oxygens (including phenoxy) is 2. The summed E-state index contributed by atoms with van der Waals surface area (Å²) in [5.74, 6) is -2.98. The van der Waals surface area contributed by atoms with E-state index in [1.165, 1.54) is 4.90 Å². The molecule has 218 valence electrons. The maximum absolute atomic E-state index is 14.5. The van der Waals surface area contributed by atoms with Crippen LogP contribution in [0.4, 0.5) is 11.4 Å². The number of benzene rings is 1. The van der Waals surface area contributed by atoms with Gasteiger partial charge in [-0.2, -0.15) is 0 Å². The van der Waals surface area contributed by atoms with Crippen molar-refractivity contribution in [3.63, 3.8) is 0 Å².